The molecule has 0 fully saturated rings. The van der Waals surface area contributed by atoms with Gasteiger partial charge in [0.05, 0.1) is 19.8 Å². The normalized spacial score (nSPS) is 10.8. The first-order chi connectivity index (χ1) is 8.17. The molecule has 5 nitrogen and oxygen atoms in total. The molecule has 0 aliphatic heterocycles. The number of Topliss-reactive ketones (excluding diaryl/α,β-unsaturated/α-hetero) is 1. The summed E-state index contributed by atoms with van der Waals surface area (Å²) in [7, 11) is 0. The minimum atomic E-state index is -0.0492. The van der Waals surface area contributed by atoms with Gasteiger partial charge >= 0.3 is 0 Å². The standard InChI is InChI=1S/C12H18N2O3/c13-11-3-1-10(2-4-11)12(17)9-14(5-7-15)6-8-16/h1-4,15-16H,5-9,13H2. The van der Waals surface area contributed by atoms with Gasteiger partial charge in [-0.1, -0.05) is 0 Å². The summed E-state index contributed by atoms with van der Waals surface area (Å²) in [6, 6.07) is 6.70. The number of hydrogen-bond acceptors (Lipinski definition) is 5. The van der Waals surface area contributed by atoms with Crippen molar-refractivity contribution in [3.63, 3.8) is 0 Å². The Balaban J connectivity index is 2.60. The molecule has 0 saturated carbocycles. The largest absolute Gasteiger partial charge is 0.399 e. The minimum Gasteiger partial charge on any atom is -0.399 e. The lowest BCUT2D eigenvalue weighted by atomic mass is 10.1. The van der Waals surface area contributed by atoms with Crippen LogP contribution in [-0.2, 0) is 0 Å². The lowest BCUT2D eigenvalue weighted by molar-refractivity contribution is 0.0894. The van der Waals surface area contributed by atoms with E-state index in [1.165, 1.54) is 0 Å². The molecule has 0 saturated heterocycles. The summed E-state index contributed by atoms with van der Waals surface area (Å²) in [5, 5.41) is 17.7. The number of nitrogens with two attached hydrogens (primary N) is 1. The Labute approximate surface area is 100 Å². The Kier molecular flexibility index (Phi) is 5.62. The summed E-state index contributed by atoms with van der Waals surface area (Å²) in [6.07, 6.45) is 0. The van der Waals surface area contributed by atoms with Gasteiger partial charge in [-0.2, -0.15) is 0 Å². The maximum absolute atomic E-state index is 11.9. The molecule has 0 aromatic heterocycles. The van der Waals surface area contributed by atoms with Crippen molar-refractivity contribution in [1.82, 2.24) is 4.90 Å². The second-order valence-corrected chi connectivity index (χ2v) is 3.77. The number of aliphatic hydroxyl groups excluding tert-OH is 2. The van der Waals surface area contributed by atoms with Gasteiger partial charge in [-0.3, -0.25) is 9.69 Å². The van der Waals surface area contributed by atoms with Crippen molar-refractivity contribution in [3.05, 3.63) is 29.8 Å². The average Bonchev–Trinajstić information content (AvgIpc) is 2.30. The smallest absolute Gasteiger partial charge is 0.176 e. The first kappa shape index (κ1) is 13.6. The van der Waals surface area contributed by atoms with Crippen LogP contribution in [0.15, 0.2) is 24.3 Å². The van der Waals surface area contributed by atoms with Gasteiger partial charge in [-0.05, 0) is 24.3 Å². The Morgan fingerprint density at radius 1 is 1.12 bits per heavy atom. The number of ketones is 1. The number of aliphatic hydroxyl groups is 2. The number of hydrogen-bond donors (Lipinski definition) is 3. The van der Waals surface area contributed by atoms with Crippen LogP contribution in [0, 0.1) is 0 Å². The summed E-state index contributed by atoms with van der Waals surface area (Å²) in [6.45, 7) is 0.873. The second kappa shape index (κ2) is 7.01. The van der Waals surface area contributed by atoms with Crippen LogP contribution < -0.4 is 5.73 Å². The van der Waals surface area contributed by atoms with E-state index in [2.05, 4.69) is 0 Å². The number of carbonyl (C=O) groups excluding carboxylic acids is 1. The fourth-order valence-corrected chi connectivity index (χ4v) is 1.52. The monoisotopic (exact) mass is 238 g/mol. The summed E-state index contributed by atoms with van der Waals surface area (Å²) < 4.78 is 0. The third-order valence-corrected chi connectivity index (χ3v) is 2.43. The van der Waals surface area contributed by atoms with E-state index in [4.69, 9.17) is 15.9 Å². The highest BCUT2D eigenvalue weighted by atomic mass is 16.3. The third-order valence-electron chi connectivity index (χ3n) is 2.43. The number of rotatable bonds is 7. The van der Waals surface area contributed by atoms with Crippen LogP contribution in [-0.4, -0.2) is 53.7 Å². The summed E-state index contributed by atoms with van der Waals surface area (Å²) >= 11 is 0. The molecule has 0 radical (unpaired) electrons. The van der Waals surface area contributed by atoms with Crippen LogP contribution in [0.2, 0.25) is 0 Å². The highest BCUT2D eigenvalue weighted by Gasteiger charge is 2.11. The van der Waals surface area contributed by atoms with Gasteiger partial charge in [-0.25, -0.2) is 0 Å². The average molecular weight is 238 g/mol. The van der Waals surface area contributed by atoms with Crippen LogP contribution >= 0.6 is 0 Å². The highest BCUT2D eigenvalue weighted by Crippen LogP contribution is 2.07. The lowest BCUT2D eigenvalue weighted by Gasteiger charge is -2.19. The first-order valence-electron chi connectivity index (χ1n) is 5.50. The number of nitrogen functional groups attached to an aromatic ring is 1. The summed E-state index contributed by atoms with van der Waals surface area (Å²) in [5.74, 6) is -0.0492. The van der Waals surface area contributed by atoms with E-state index in [0.29, 0.717) is 24.3 Å². The Hall–Kier alpha value is -1.43. The molecule has 1 rings (SSSR count). The molecule has 0 heterocycles. The van der Waals surface area contributed by atoms with Crippen LogP contribution in [0.3, 0.4) is 0 Å². The van der Waals surface area contributed by atoms with Crippen LogP contribution in [0.4, 0.5) is 5.69 Å². The third kappa shape index (κ3) is 4.52. The molecule has 1 aromatic carbocycles. The van der Waals surface area contributed by atoms with Crippen molar-refractivity contribution in [2.45, 2.75) is 0 Å². The van der Waals surface area contributed by atoms with Gasteiger partial charge in [-0.15, -0.1) is 0 Å². The molecule has 0 amide bonds. The molecule has 1 aromatic rings. The highest BCUT2D eigenvalue weighted by molar-refractivity contribution is 5.97. The van der Waals surface area contributed by atoms with E-state index in [0.717, 1.165) is 0 Å². The zero-order chi connectivity index (χ0) is 12.7. The maximum Gasteiger partial charge on any atom is 0.176 e. The predicted molar refractivity (Wildman–Crippen MR) is 65.8 cm³/mol. The fourth-order valence-electron chi connectivity index (χ4n) is 1.52. The SMILES string of the molecule is Nc1ccc(C(=O)CN(CCO)CCO)cc1. The maximum atomic E-state index is 11.9. The van der Waals surface area contributed by atoms with Crippen molar-refractivity contribution in [3.8, 4) is 0 Å². The molecule has 0 atom stereocenters. The molecule has 0 unspecified atom stereocenters. The number of benzene rings is 1. The topological polar surface area (TPSA) is 86.8 Å². The second-order valence-electron chi connectivity index (χ2n) is 3.77. The van der Waals surface area contributed by atoms with Gasteiger partial charge in [0.15, 0.2) is 5.78 Å². The molecule has 4 N–H and O–H groups in total. The first-order valence-corrected chi connectivity index (χ1v) is 5.50. The van der Waals surface area contributed by atoms with Crippen LogP contribution in [0.25, 0.3) is 0 Å². The van der Waals surface area contributed by atoms with Crippen molar-refractivity contribution in [1.29, 1.82) is 0 Å². The molecular formula is C12H18N2O3. The molecule has 0 aliphatic carbocycles. The zero-order valence-electron chi connectivity index (χ0n) is 9.67. The number of carbonyl (C=O) groups is 1. The zero-order valence-corrected chi connectivity index (χ0v) is 9.67. The van der Waals surface area contributed by atoms with E-state index in [1.807, 2.05) is 0 Å². The van der Waals surface area contributed by atoms with Crippen molar-refractivity contribution in [2.75, 3.05) is 38.6 Å². The molecule has 0 aliphatic rings. The van der Waals surface area contributed by atoms with E-state index in [9.17, 15) is 4.79 Å². The van der Waals surface area contributed by atoms with Crippen molar-refractivity contribution < 1.29 is 15.0 Å². The molecule has 94 valence electrons. The Morgan fingerprint density at radius 3 is 2.12 bits per heavy atom. The van der Waals surface area contributed by atoms with Gasteiger partial charge < -0.3 is 15.9 Å². The molecule has 17 heavy (non-hydrogen) atoms. The quantitative estimate of drug-likeness (QED) is 0.450. The molecule has 5 heteroatoms. The number of nitrogens with zero attached hydrogens (tertiary/aromatic N) is 1. The van der Waals surface area contributed by atoms with Gasteiger partial charge in [0.25, 0.3) is 0 Å². The van der Waals surface area contributed by atoms with Gasteiger partial charge in [0, 0.05) is 24.3 Å². The van der Waals surface area contributed by atoms with Gasteiger partial charge in [0.1, 0.15) is 0 Å². The number of anilines is 1. The lowest BCUT2D eigenvalue weighted by Crippen LogP contribution is -2.34. The van der Waals surface area contributed by atoms with Crippen molar-refractivity contribution in [2.24, 2.45) is 0 Å². The predicted octanol–water partition coefficient (Wildman–Crippen LogP) is -0.262. The Bertz CT molecular complexity index is 345. The van der Waals surface area contributed by atoms with Crippen LogP contribution in [0.1, 0.15) is 10.4 Å². The Morgan fingerprint density at radius 2 is 1.65 bits per heavy atom. The minimum absolute atomic E-state index is 0.0327. The molecular weight excluding hydrogens is 220 g/mol. The summed E-state index contributed by atoms with van der Waals surface area (Å²) in [5.41, 5.74) is 6.73. The molecule has 0 spiro atoms. The van der Waals surface area contributed by atoms with E-state index in [1.54, 1.807) is 29.2 Å². The van der Waals surface area contributed by atoms with Crippen molar-refractivity contribution >= 4 is 11.5 Å². The van der Waals surface area contributed by atoms with E-state index < -0.39 is 0 Å². The van der Waals surface area contributed by atoms with Gasteiger partial charge in [0.2, 0.25) is 0 Å². The molecule has 0 bridgehead atoms. The van der Waals surface area contributed by atoms with E-state index >= 15 is 0 Å². The fraction of sp³-hybridized carbons (Fsp3) is 0.417. The van der Waals surface area contributed by atoms with E-state index in [-0.39, 0.29) is 25.5 Å². The summed E-state index contributed by atoms with van der Waals surface area (Å²) in [4.78, 5) is 13.6. The van der Waals surface area contributed by atoms with Crippen LogP contribution in [0.5, 0.6) is 0 Å².